The monoisotopic (exact) mass is 197 g/mol. The van der Waals surface area contributed by atoms with Crippen molar-refractivity contribution >= 4 is 0 Å². The Morgan fingerprint density at radius 1 is 0.867 bits per heavy atom. The smallest absolute Gasteiger partial charge is 0.0237 e. The number of rotatable bonds is 2. The molecule has 77 valence electrons. The first-order chi connectivity index (χ1) is 7.18. The fourth-order valence-corrected chi connectivity index (χ4v) is 1.96. The third kappa shape index (κ3) is 2.04. The van der Waals surface area contributed by atoms with Gasteiger partial charge in [0.1, 0.15) is 0 Å². The standard InChI is InChI=1S/C15H17/c1-11-8-9-15(13(3)12(11)2)10-14-6-4-5-7-14/h4-9H,10H2,1-3H3. The molecule has 0 unspecified atom stereocenters. The van der Waals surface area contributed by atoms with E-state index in [2.05, 4.69) is 57.2 Å². The fourth-order valence-electron chi connectivity index (χ4n) is 1.96. The van der Waals surface area contributed by atoms with E-state index in [0.29, 0.717) is 0 Å². The second-order valence-corrected chi connectivity index (χ2v) is 4.26. The summed E-state index contributed by atoms with van der Waals surface area (Å²) in [5.74, 6) is 1.40. The maximum absolute atomic E-state index is 2.25. The zero-order valence-corrected chi connectivity index (χ0v) is 9.67. The molecule has 0 amide bonds. The van der Waals surface area contributed by atoms with Crippen LogP contribution < -0.4 is 0 Å². The molecule has 1 aromatic carbocycles. The van der Waals surface area contributed by atoms with Gasteiger partial charge in [-0.15, -0.1) is 0 Å². The van der Waals surface area contributed by atoms with E-state index >= 15 is 0 Å². The summed E-state index contributed by atoms with van der Waals surface area (Å²) in [6.45, 7) is 6.61. The van der Waals surface area contributed by atoms with E-state index in [9.17, 15) is 0 Å². The molecule has 0 heteroatoms. The normalized spacial score (nSPS) is 15.1. The van der Waals surface area contributed by atoms with Crippen LogP contribution >= 0.6 is 0 Å². The highest BCUT2D eigenvalue weighted by Gasteiger charge is 2.09. The molecule has 0 atom stereocenters. The Hall–Kier alpha value is -1.30. The summed E-state index contributed by atoms with van der Waals surface area (Å²) in [4.78, 5) is 0. The van der Waals surface area contributed by atoms with E-state index in [1.54, 1.807) is 0 Å². The first kappa shape index (κ1) is 10.2. The number of benzene rings is 1. The van der Waals surface area contributed by atoms with Crippen LogP contribution in [0.4, 0.5) is 0 Å². The highest BCUT2D eigenvalue weighted by atomic mass is 14.1. The molecule has 0 bridgehead atoms. The second kappa shape index (κ2) is 4.06. The molecule has 0 saturated heterocycles. The summed E-state index contributed by atoms with van der Waals surface area (Å²) < 4.78 is 0. The zero-order chi connectivity index (χ0) is 10.8. The van der Waals surface area contributed by atoms with Crippen molar-refractivity contribution < 1.29 is 0 Å². The van der Waals surface area contributed by atoms with Gasteiger partial charge in [0, 0.05) is 5.92 Å². The second-order valence-electron chi connectivity index (χ2n) is 4.26. The van der Waals surface area contributed by atoms with Gasteiger partial charge >= 0.3 is 0 Å². The Morgan fingerprint density at radius 3 is 2.20 bits per heavy atom. The van der Waals surface area contributed by atoms with Crippen molar-refractivity contribution in [3.63, 3.8) is 0 Å². The van der Waals surface area contributed by atoms with Crippen LogP contribution in [0, 0.1) is 26.7 Å². The SMILES string of the molecule is Cc1ccc(C[C]2C=CC=C2)c(C)c1C. The topological polar surface area (TPSA) is 0 Å². The van der Waals surface area contributed by atoms with Crippen LogP contribution in [0.2, 0.25) is 0 Å². The number of allylic oxidation sites excluding steroid dienone is 4. The molecule has 0 saturated carbocycles. The lowest BCUT2D eigenvalue weighted by Gasteiger charge is -2.12. The molecule has 0 aromatic heterocycles. The molecule has 0 spiro atoms. The largest absolute Gasteiger partial charge is 0.0730 e. The first-order valence-corrected chi connectivity index (χ1v) is 5.45. The van der Waals surface area contributed by atoms with Gasteiger partial charge in [-0.05, 0) is 49.4 Å². The molecule has 0 N–H and O–H groups in total. The van der Waals surface area contributed by atoms with Crippen molar-refractivity contribution in [1.82, 2.24) is 0 Å². The minimum atomic E-state index is 1.06. The summed E-state index contributed by atoms with van der Waals surface area (Å²) in [7, 11) is 0. The Morgan fingerprint density at radius 2 is 1.53 bits per heavy atom. The highest BCUT2D eigenvalue weighted by molar-refractivity contribution is 5.44. The van der Waals surface area contributed by atoms with Crippen molar-refractivity contribution in [2.24, 2.45) is 0 Å². The predicted octanol–water partition coefficient (Wildman–Crippen LogP) is 3.85. The number of hydrogen-bond acceptors (Lipinski definition) is 0. The minimum absolute atomic E-state index is 1.06. The molecule has 1 aromatic rings. The lowest BCUT2D eigenvalue weighted by atomic mass is 9.92. The molecule has 0 heterocycles. The van der Waals surface area contributed by atoms with E-state index in [-0.39, 0.29) is 0 Å². The summed E-state index contributed by atoms with van der Waals surface area (Å²) >= 11 is 0. The Labute approximate surface area is 92.3 Å². The van der Waals surface area contributed by atoms with Crippen LogP contribution in [0.15, 0.2) is 36.4 Å². The van der Waals surface area contributed by atoms with E-state index < -0.39 is 0 Å². The fraction of sp³-hybridized carbons (Fsp3) is 0.267. The molecular formula is C15H17. The third-order valence-corrected chi connectivity index (χ3v) is 3.30. The van der Waals surface area contributed by atoms with Crippen LogP contribution in [0.5, 0.6) is 0 Å². The molecule has 1 aliphatic rings. The molecule has 0 nitrogen and oxygen atoms in total. The molecule has 1 aliphatic carbocycles. The molecular weight excluding hydrogens is 180 g/mol. The Balaban J connectivity index is 2.25. The summed E-state index contributed by atoms with van der Waals surface area (Å²) in [6, 6.07) is 4.48. The van der Waals surface area contributed by atoms with Crippen LogP contribution in [0.3, 0.4) is 0 Å². The van der Waals surface area contributed by atoms with Crippen LogP contribution in [0.25, 0.3) is 0 Å². The predicted molar refractivity (Wildman–Crippen MR) is 65.9 cm³/mol. The average Bonchev–Trinajstić information content (AvgIpc) is 2.72. The molecule has 1 radical (unpaired) electrons. The van der Waals surface area contributed by atoms with Crippen molar-refractivity contribution in [1.29, 1.82) is 0 Å². The molecule has 0 fully saturated rings. The minimum Gasteiger partial charge on any atom is -0.0730 e. The van der Waals surface area contributed by atoms with Crippen LogP contribution in [-0.2, 0) is 6.42 Å². The van der Waals surface area contributed by atoms with E-state index in [0.717, 1.165) is 6.42 Å². The van der Waals surface area contributed by atoms with E-state index in [1.807, 2.05) is 0 Å². The lowest BCUT2D eigenvalue weighted by Crippen LogP contribution is -1.99. The number of aryl methyl sites for hydroxylation is 1. The van der Waals surface area contributed by atoms with Gasteiger partial charge in [0.05, 0.1) is 0 Å². The van der Waals surface area contributed by atoms with Crippen LogP contribution in [-0.4, -0.2) is 0 Å². The van der Waals surface area contributed by atoms with Gasteiger partial charge in [-0.25, -0.2) is 0 Å². The van der Waals surface area contributed by atoms with Crippen molar-refractivity contribution in [3.05, 3.63) is 64.6 Å². The quantitative estimate of drug-likeness (QED) is 0.675. The average molecular weight is 197 g/mol. The Kier molecular flexibility index (Phi) is 2.77. The Bertz CT molecular complexity index is 410. The van der Waals surface area contributed by atoms with Crippen molar-refractivity contribution in [3.8, 4) is 0 Å². The lowest BCUT2D eigenvalue weighted by molar-refractivity contribution is 1.06. The van der Waals surface area contributed by atoms with E-state index in [4.69, 9.17) is 0 Å². The summed E-state index contributed by atoms with van der Waals surface area (Å²) in [5, 5.41) is 0. The number of hydrogen-bond donors (Lipinski definition) is 0. The van der Waals surface area contributed by atoms with Gasteiger partial charge in [-0.2, -0.15) is 0 Å². The van der Waals surface area contributed by atoms with Crippen LogP contribution in [0.1, 0.15) is 22.3 Å². The van der Waals surface area contributed by atoms with Gasteiger partial charge in [0.25, 0.3) is 0 Å². The van der Waals surface area contributed by atoms with Gasteiger partial charge in [0.2, 0.25) is 0 Å². The van der Waals surface area contributed by atoms with Gasteiger partial charge in [0.15, 0.2) is 0 Å². The maximum Gasteiger partial charge on any atom is 0.0237 e. The summed E-state index contributed by atoms with van der Waals surface area (Å²) in [6.07, 6.45) is 9.64. The van der Waals surface area contributed by atoms with Gasteiger partial charge in [-0.3, -0.25) is 0 Å². The van der Waals surface area contributed by atoms with Crippen molar-refractivity contribution in [2.75, 3.05) is 0 Å². The molecule has 0 aliphatic heterocycles. The molecule has 2 rings (SSSR count). The zero-order valence-electron chi connectivity index (χ0n) is 9.67. The van der Waals surface area contributed by atoms with E-state index in [1.165, 1.54) is 28.2 Å². The summed E-state index contributed by atoms with van der Waals surface area (Å²) in [5.41, 5.74) is 5.71. The first-order valence-electron chi connectivity index (χ1n) is 5.45. The van der Waals surface area contributed by atoms with Gasteiger partial charge < -0.3 is 0 Å². The van der Waals surface area contributed by atoms with Gasteiger partial charge in [-0.1, -0.05) is 36.4 Å². The van der Waals surface area contributed by atoms with Crippen molar-refractivity contribution in [2.45, 2.75) is 27.2 Å². The third-order valence-electron chi connectivity index (χ3n) is 3.30. The molecule has 15 heavy (non-hydrogen) atoms. The maximum atomic E-state index is 2.25. The highest BCUT2D eigenvalue weighted by Crippen LogP contribution is 2.23.